The van der Waals surface area contributed by atoms with Gasteiger partial charge in [-0.15, -0.1) is 0 Å². The second-order valence-electron chi connectivity index (χ2n) is 4.94. The molecule has 94 valence electrons. The van der Waals surface area contributed by atoms with Gasteiger partial charge >= 0.3 is 0 Å². The SMILES string of the molecule is CC(Cc1ccccc1Cl)NC1CSC(C)C1. The topological polar surface area (TPSA) is 12.0 Å². The summed E-state index contributed by atoms with van der Waals surface area (Å²) in [4.78, 5) is 0. The molecule has 0 spiro atoms. The third kappa shape index (κ3) is 3.90. The predicted molar refractivity (Wildman–Crippen MR) is 78.1 cm³/mol. The zero-order chi connectivity index (χ0) is 12.3. The number of hydrogen-bond acceptors (Lipinski definition) is 2. The highest BCUT2D eigenvalue weighted by Crippen LogP contribution is 2.26. The van der Waals surface area contributed by atoms with Gasteiger partial charge in [0.1, 0.15) is 0 Å². The summed E-state index contributed by atoms with van der Waals surface area (Å²) >= 11 is 8.24. The monoisotopic (exact) mass is 269 g/mol. The van der Waals surface area contributed by atoms with Gasteiger partial charge in [-0.1, -0.05) is 36.7 Å². The molecular formula is C14H20ClNS. The third-order valence-corrected chi connectivity index (χ3v) is 4.93. The molecule has 0 radical (unpaired) electrons. The Hall–Kier alpha value is -0.180. The highest BCUT2D eigenvalue weighted by molar-refractivity contribution is 8.00. The Labute approximate surface area is 113 Å². The first-order chi connectivity index (χ1) is 8.15. The summed E-state index contributed by atoms with van der Waals surface area (Å²) in [6.07, 6.45) is 2.30. The smallest absolute Gasteiger partial charge is 0.0438 e. The number of rotatable bonds is 4. The fourth-order valence-corrected chi connectivity index (χ4v) is 3.76. The lowest BCUT2D eigenvalue weighted by Gasteiger charge is -2.19. The van der Waals surface area contributed by atoms with E-state index in [0.717, 1.165) is 16.7 Å². The summed E-state index contributed by atoms with van der Waals surface area (Å²) in [6.45, 7) is 4.56. The summed E-state index contributed by atoms with van der Waals surface area (Å²) in [5.41, 5.74) is 1.24. The van der Waals surface area contributed by atoms with Crippen LogP contribution in [0.5, 0.6) is 0 Å². The standard InChI is InChI=1S/C14H20ClNS/c1-10(16-13-8-11(2)17-9-13)7-12-5-3-4-6-14(12)15/h3-6,10-11,13,16H,7-9H2,1-2H3. The summed E-state index contributed by atoms with van der Waals surface area (Å²) in [5.74, 6) is 1.24. The van der Waals surface area contributed by atoms with Crippen LogP contribution < -0.4 is 5.32 Å². The average molecular weight is 270 g/mol. The van der Waals surface area contributed by atoms with Crippen molar-refractivity contribution in [2.45, 2.75) is 44.0 Å². The summed E-state index contributed by atoms with van der Waals surface area (Å²) in [6, 6.07) is 9.29. The lowest BCUT2D eigenvalue weighted by Crippen LogP contribution is -2.38. The van der Waals surface area contributed by atoms with E-state index in [9.17, 15) is 0 Å². The molecule has 0 amide bonds. The van der Waals surface area contributed by atoms with Crippen LogP contribution in [-0.2, 0) is 6.42 Å². The van der Waals surface area contributed by atoms with Crippen molar-refractivity contribution in [2.75, 3.05) is 5.75 Å². The van der Waals surface area contributed by atoms with E-state index in [1.54, 1.807) is 0 Å². The van der Waals surface area contributed by atoms with Crippen molar-refractivity contribution in [1.82, 2.24) is 5.32 Å². The maximum atomic E-state index is 6.18. The fraction of sp³-hybridized carbons (Fsp3) is 0.571. The highest BCUT2D eigenvalue weighted by atomic mass is 35.5. The van der Waals surface area contributed by atoms with E-state index in [2.05, 4.69) is 43.1 Å². The molecule has 1 aromatic rings. The van der Waals surface area contributed by atoms with Crippen LogP contribution in [0.1, 0.15) is 25.8 Å². The van der Waals surface area contributed by atoms with E-state index in [1.165, 1.54) is 17.7 Å². The highest BCUT2D eigenvalue weighted by Gasteiger charge is 2.22. The van der Waals surface area contributed by atoms with Gasteiger partial charge in [0.15, 0.2) is 0 Å². The van der Waals surface area contributed by atoms with Gasteiger partial charge in [0.05, 0.1) is 0 Å². The molecule has 3 heteroatoms. The molecule has 17 heavy (non-hydrogen) atoms. The second-order valence-corrected chi connectivity index (χ2v) is 6.82. The number of hydrogen-bond donors (Lipinski definition) is 1. The average Bonchev–Trinajstić information content (AvgIpc) is 2.67. The van der Waals surface area contributed by atoms with Crippen LogP contribution in [0.15, 0.2) is 24.3 Å². The van der Waals surface area contributed by atoms with Gasteiger partial charge in [0, 0.05) is 28.1 Å². The van der Waals surface area contributed by atoms with E-state index in [4.69, 9.17) is 11.6 Å². The Morgan fingerprint density at radius 1 is 1.47 bits per heavy atom. The second kappa shape index (κ2) is 6.12. The van der Waals surface area contributed by atoms with E-state index in [0.29, 0.717) is 12.1 Å². The van der Waals surface area contributed by atoms with E-state index >= 15 is 0 Å². The molecule has 1 N–H and O–H groups in total. The molecule has 1 heterocycles. The van der Waals surface area contributed by atoms with Gasteiger partial charge in [-0.05, 0) is 31.4 Å². The molecule has 0 saturated carbocycles. The molecule has 1 nitrogen and oxygen atoms in total. The van der Waals surface area contributed by atoms with Crippen LogP contribution in [0.25, 0.3) is 0 Å². The van der Waals surface area contributed by atoms with Crippen LogP contribution in [0.4, 0.5) is 0 Å². The lowest BCUT2D eigenvalue weighted by atomic mass is 10.1. The lowest BCUT2D eigenvalue weighted by molar-refractivity contribution is 0.460. The molecule has 1 aliphatic heterocycles. The van der Waals surface area contributed by atoms with Gasteiger partial charge < -0.3 is 5.32 Å². The van der Waals surface area contributed by atoms with Crippen molar-refractivity contribution < 1.29 is 0 Å². The Kier molecular flexibility index (Phi) is 4.78. The van der Waals surface area contributed by atoms with E-state index in [1.807, 2.05) is 12.1 Å². The van der Waals surface area contributed by atoms with Gasteiger partial charge in [0.25, 0.3) is 0 Å². The van der Waals surface area contributed by atoms with Crippen molar-refractivity contribution in [3.63, 3.8) is 0 Å². The summed E-state index contributed by atoms with van der Waals surface area (Å²) in [7, 11) is 0. The largest absolute Gasteiger partial charge is 0.310 e. The Morgan fingerprint density at radius 3 is 2.88 bits per heavy atom. The van der Waals surface area contributed by atoms with Crippen molar-refractivity contribution in [3.8, 4) is 0 Å². The van der Waals surface area contributed by atoms with Crippen LogP contribution >= 0.6 is 23.4 Å². The first-order valence-electron chi connectivity index (χ1n) is 6.26. The van der Waals surface area contributed by atoms with Gasteiger partial charge in [-0.25, -0.2) is 0 Å². The number of thioether (sulfide) groups is 1. The summed E-state index contributed by atoms with van der Waals surface area (Å²) in [5, 5.41) is 5.40. The van der Waals surface area contributed by atoms with E-state index < -0.39 is 0 Å². The number of nitrogens with one attached hydrogen (secondary N) is 1. The van der Waals surface area contributed by atoms with Crippen molar-refractivity contribution in [2.24, 2.45) is 0 Å². The predicted octanol–water partition coefficient (Wildman–Crippen LogP) is 3.75. The molecule has 1 aliphatic rings. The van der Waals surface area contributed by atoms with Crippen LogP contribution in [-0.4, -0.2) is 23.1 Å². The molecule has 1 saturated heterocycles. The zero-order valence-corrected chi connectivity index (χ0v) is 12.0. The van der Waals surface area contributed by atoms with E-state index in [-0.39, 0.29) is 0 Å². The minimum absolute atomic E-state index is 0.491. The van der Waals surface area contributed by atoms with Gasteiger partial charge in [-0.2, -0.15) is 11.8 Å². The first kappa shape index (κ1) is 13.3. The molecule has 0 bridgehead atoms. The molecule has 1 aromatic carbocycles. The molecule has 0 aliphatic carbocycles. The molecule has 3 atom stereocenters. The Morgan fingerprint density at radius 2 is 2.24 bits per heavy atom. The minimum Gasteiger partial charge on any atom is -0.310 e. The third-order valence-electron chi connectivity index (χ3n) is 3.20. The minimum atomic E-state index is 0.491. The molecule has 0 aromatic heterocycles. The Balaban J connectivity index is 1.85. The van der Waals surface area contributed by atoms with Crippen molar-refractivity contribution in [1.29, 1.82) is 0 Å². The first-order valence-corrected chi connectivity index (χ1v) is 7.69. The zero-order valence-electron chi connectivity index (χ0n) is 10.4. The maximum absolute atomic E-state index is 6.18. The van der Waals surface area contributed by atoms with Crippen LogP contribution in [0.2, 0.25) is 5.02 Å². The molecule has 2 rings (SSSR count). The summed E-state index contributed by atoms with van der Waals surface area (Å²) < 4.78 is 0. The molecule has 1 fully saturated rings. The quantitative estimate of drug-likeness (QED) is 0.893. The molecule has 3 unspecified atom stereocenters. The Bertz CT molecular complexity index is 369. The normalized spacial score (nSPS) is 26.1. The fourth-order valence-electron chi connectivity index (χ4n) is 2.39. The van der Waals surface area contributed by atoms with Crippen molar-refractivity contribution >= 4 is 23.4 Å². The number of benzene rings is 1. The van der Waals surface area contributed by atoms with Gasteiger partial charge in [0.2, 0.25) is 0 Å². The maximum Gasteiger partial charge on any atom is 0.0438 e. The molecular weight excluding hydrogens is 250 g/mol. The van der Waals surface area contributed by atoms with Crippen LogP contribution in [0, 0.1) is 0 Å². The van der Waals surface area contributed by atoms with Crippen LogP contribution in [0.3, 0.4) is 0 Å². The number of halogens is 1. The van der Waals surface area contributed by atoms with Crippen molar-refractivity contribution in [3.05, 3.63) is 34.9 Å². The van der Waals surface area contributed by atoms with Gasteiger partial charge in [-0.3, -0.25) is 0 Å².